The standard InChI is InChI=1S/C6H5ClN2O/c7-6-4(3-10)1-5(8)2-9-6/h1-3H,8H2. The van der Waals surface area contributed by atoms with Gasteiger partial charge in [-0.15, -0.1) is 0 Å². The van der Waals surface area contributed by atoms with Gasteiger partial charge in [0.2, 0.25) is 0 Å². The molecule has 0 aliphatic heterocycles. The zero-order valence-electron chi connectivity index (χ0n) is 5.04. The number of aldehydes is 1. The van der Waals surface area contributed by atoms with Crippen molar-refractivity contribution >= 4 is 23.6 Å². The fourth-order valence-electron chi connectivity index (χ4n) is 0.565. The smallest absolute Gasteiger partial charge is 0.153 e. The first-order chi connectivity index (χ1) is 4.74. The first-order valence-corrected chi connectivity index (χ1v) is 2.98. The van der Waals surface area contributed by atoms with Gasteiger partial charge in [0.25, 0.3) is 0 Å². The number of nitrogens with zero attached hydrogens (tertiary/aromatic N) is 1. The number of nitrogens with two attached hydrogens (primary N) is 1. The minimum absolute atomic E-state index is 0.184. The highest BCUT2D eigenvalue weighted by Crippen LogP contribution is 2.12. The lowest BCUT2D eigenvalue weighted by Gasteiger charge is -1.94. The highest BCUT2D eigenvalue weighted by molar-refractivity contribution is 6.31. The summed E-state index contributed by atoms with van der Waals surface area (Å²) in [4.78, 5) is 13.9. The van der Waals surface area contributed by atoms with Gasteiger partial charge in [-0.05, 0) is 6.07 Å². The van der Waals surface area contributed by atoms with Crippen LogP contribution in [-0.4, -0.2) is 11.3 Å². The van der Waals surface area contributed by atoms with Crippen LogP contribution in [0.1, 0.15) is 10.4 Å². The van der Waals surface area contributed by atoms with Crippen molar-refractivity contribution in [3.05, 3.63) is 23.0 Å². The molecule has 0 aliphatic carbocycles. The number of carbonyl (C=O) groups is 1. The second-order valence-electron chi connectivity index (χ2n) is 1.77. The lowest BCUT2D eigenvalue weighted by atomic mass is 10.3. The summed E-state index contributed by atoms with van der Waals surface area (Å²) in [6.07, 6.45) is 2.01. The van der Waals surface area contributed by atoms with Crippen LogP contribution in [0.4, 0.5) is 5.69 Å². The van der Waals surface area contributed by atoms with Gasteiger partial charge in [-0.25, -0.2) is 4.98 Å². The van der Waals surface area contributed by atoms with Gasteiger partial charge in [-0.2, -0.15) is 0 Å². The van der Waals surface area contributed by atoms with E-state index >= 15 is 0 Å². The van der Waals surface area contributed by atoms with Crippen molar-refractivity contribution in [1.82, 2.24) is 4.98 Å². The molecule has 1 rings (SSSR count). The molecule has 0 radical (unpaired) electrons. The van der Waals surface area contributed by atoms with Crippen LogP contribution in [0.2, 0.25) is 5.15 Å². The summed E-state index contributed by atoms with van der Waals surface area (Å²) >= 11 is 5.50. The zero-order valence-corrected chi connectivity index (χ0v) is 5.80. The lowest BCUT2D eigenvalue weighted by Crippen LogP contribution is -1.91. The van der Waals surface area contributed by atoms with E-state index in [4.69, 9.17) is 17.3 Å². The van der Waals surface area contributed by atoms with Crippen molar-refractivity contribution in [1.29, 1.82) is 0 Å². The number of anilines is 1. The Balaban J connectivity index is 3.21. The normalized spacial score (nSPS) is 9.30. The fourth-order valence-corrected chi connectivity index (χ4v) is 0.713. The Labute approximate surface area is 62.8 Å². The molecule has 0 aromatic carbocycles. The van der Waals surface area contributed by atoms with E-state index < -0.39 is 0 Å². The van der Waals surface area contributed by atoms with Crippen LogP contribution < -0.4 is 5.73 Å². The van der Waals surface area contributed by atoms with Gasteiger partial charge in [0.15, 0.2) is 6.29 Å². The average Bonchev–Trinajstić information content (AvgIpc) is 1.94. The van der Waals surface area contributed by atoms with E-state index in [1.54, 1.807) is 0 Å². The molecule has 3 nitrogen and oxygen atoms in total. The number of pyridine rings is 1. The van der Waals surface area contributed by atoms with E-state index in [9.17, 15) is 4.79 Å². The number of nitrogen functional groups attached to an aromatic ring is 1. The fraction of sp³-hybridized carbons (Fsp3) is 0. The lowest BCUT2D eigenvalue weighted by molar-refractivity contribution is 0.112. The molecule has 0 unspecified atom stereocenters. The molecule has 1 aromatic rings. The van der Waals surface area contributed by atoms with Crippen molar-refractivity contribution in [2.24, 2.45) is 0 Å². The molecule has 0 atom stereocenters. The molecule has 0 saturated carbocycles. The zero-order chi connectivity index (χ0) is 7.56. The first-order valence-electron chi connectivity index (χ1n) is 2.60. The summed E-state index contributed by atoms with van der Waals surface area (Å²) < 4.78 is 0. The minimum Gasteiger partial charge on any atom is -0.397 e. The quantitative estimate of drug-likeness (QED) is 0.490. The molecule has 10 heavy (non-hydrogen) atoms. The third-order valence-corrected chi connectivity index (χ3v) is 1.33. The van der Waals surface area contributed by atoms with E-state index in [2.05, 4.69) is 4.98 Å². The second-order valence-corrected chi connectivity index (χ2v) is 2.12. The Bertz CT molecular complexity index is 262. The van der Waals surface area contributed by atoms with Gasteiger partial charge < -0.3 is 5.73 Å². The van der Waals surface area contributed by atoms with Crippen molar-refractivity contribution in [2.75, 3.05) is 5.73 Å². The number of halogens is 1. The summed E-state index contributed by atoms with van der Waals surface area (Å²) in [7, 11) is 0. The number of hydrogen-bond donors (Lipinski definition) is 1. The molecular weight excluding hydrogens is 152 g/mol. The topological polar surface area (TPSA) is 56.0 Å². The predicted molar refractivity (Wildman–Crippen MR) is 39.0 cm³/mol. The van der Waals surface area contributed by atoms with E-state index in [-0.39, 0.29) is 5.15 Å². The molecular formula is C6H5ClN2O. The van der Waals surface area contributed by atoms with Crippen LogP contribution in [-0.2, 0) is 0 Å². The summed E-state index contributed by atoms with van der Waals surface area (Å²) in [6, 6.07) is 1.47. The minimum atomic E-state index is 0.184. The highest BCUT2D eigenvalue weighted by atomic mass is 35.5. The van der Waals surface area contributed by atoms with E-state index in [1.807, 2.05) is 0 Å². The predicted octanol–water partition coefficient (Wildman–Crippen LogP) is 1.13. The maximum atomic E-state index is 10.2. The van der Waals surface area contributed by atoms with Gasteiger partial charge >= 0.3 is 0 Å². The van der Waals surface area contributed by atoms with Crippen LogP contribution in [0.25, 0.3) is 0 Å². The number of hydrogen-bond acceptors (Lipinski definition) is 3. The highest BCUT2D eigenvalue weighted by Gasteiger charge is 1.98. The summed E-state index contributed by atoms with van der Waals surface area (Å²) in [5.74, 6) is 0. The van der Waals surface area contributed by atoms with Crippen LogP contribution in [0.15, 0.2) is 12.3 Å². The Kier molecular flexibility index (Phi) is 1.87. The Morgan fingerprint density at radius 1 is 1.70 bits per heavy atom. The van der Waals surface area contributed by atoms with Gasteiger partial charge in [-0.3, -0.25) is 4.79 Å². The third-order valence-electron chi connectivity index (χ3n) is 1.01. The molecule has 0 fully saturated rings. The summed E-state index contributed by atoms with van der Waals surface area (Å²) in [5.41, 5.74) is 6.08. The van der Waals surface area contributed by atoms with E-state index in [0.717, 1.165) is 0 Å². The van der Waals surface area contributed by atoms with E-state index in [1.165, 1.54) is 12.3 Å². The second kappa shape index (κ2) is 2.66. The molecule has 1 heterocycles. The van der Waals surface area contributed by atoms with Crippen molar-refractivity contribution in [2.45, 2.75) is 0 Å². The molecule has 52 valence electrons. The SMILES string of the molecule is Nc1cnc(Cl)c(C=O)c1. The molecule has 2 N–H and O–H groups in total. The molecule has 0 bridgehead atoms. The first kappa shape index (κ1) is 7.02. The third kappa shape index (κ3) is 1.25. The van der Waals surface area contributed by atoms with E-state index in [0.29, 0.717) is 17.5 Å². The molecule has 0 spiro atoms. The maximum Gasteiger partial charge on any atom is 0.153 e. The van der Waals surface area contributed by atoms with Gasteiger partial charge in [-0.1, -0.05) is 11.6 Å². The maximum absolute atomic E-state index is 10.2. The Hall–Kier alpha value is -1.09. The van der Waals surface area contributed by atoms with Gasteiger partial charge in [0, 0.05) is 0 Å². The monoisotopic (exact) mass is 156 g/mol. The number of rotatable bonds is 1. The van der Waals surface area contributed by atoms with Gasteiger partial charge in [0.1, 0.15) is 5.15 Å². The van der Waals surface area contributed by atoms with Crippen LogP contribution in [0.3, 0.4) is 0 Å². The number of carbonyl (C=O) groups excluding carboxylic acids is 1. The Morgan fingerprint density at radius 2 is 2.40 bits per heavy atom. The number of aromatic nitrogens is 1. The van der Waals surface area contributed by atoms with Crippen LogP contribution in [0.5, 0.6) is 0 Å². The average molecular weight is 157 g/mol. The molecule has 0 aliphatic rings. The Morgan fingerprint density at radius 3 is 2.90 bits per heavy atom. The van der Waals surface area contributed by atoms with Crippen molar-refractivity contribution in [3.8, 4) is 0 Å². The van der Waals surface area contributed by atoms with Crippen molar-refractivity contribution in [3.63, 3.8) is 0 Å². The summed E-state index contributed by atoms with van der Waals surface area (Å²) in [6.45, 7) is 0. The summed E-state index contributed by atoms with van der Waals surface area (Å²) in [5, 5.41) is 0.184. The van der Waals surface area contributed by atoms with Crippen molar-refractivity contribution < 1.29 is 4.79 Å². The van der Waals surface area contributed by atoms with Crippen LogP contribution >= 0.6 is 11.6 Å². The molecule has 0 amide bonds. The molecule has 0 saturated heterocycles. The van der Waals surface area contributed by atoms with Gasteiger partial charge in [0.05, 0.1) is 17.4 Å². The molecule has 4 heteroatoms. The molecule has 1 aromatic heterocycles. The largest absolute Gasteiger partial charge is 0.397 e. The van der Waals surface area contributed by atoms with Crippen LogP contribution in [0, 0.1) is 0 Å².